The highest BCUT2D eigenvalue weighted by molar-refractivity contribution is 7.80. The molecule has 0 heterocycles. The summed E-state index contributed by atoms with van der Waals surface area (Å²) in [4.78, 5) is 13.3. The molecule has 1 amide bonds. The van der Waals surface area contributed by atoms with Gasteiger partial charge in [0, 0.05) is 13.0 Å². The highest BCUT2D eigenvalue weighted by Gasteiger charge is 2.38. The first kappa shape index (κ1) is 31.4. The van der Waals surface area contributed by atoms with E-state index in [0.29, 0.717) is 24.8 Å². The maximum Gasteiger partial charge on any atom is 0.357 e. The maximum absolute atomic E-state index is 14.1. The first-order valence-electron chi connectivity index (χ1n) is 13.4. The fourth-order valence-corrected chi connectivity index (χ4v) is 6.32. The van der Waals surface area contributed by atoms with Gasteiger partial charge in [-0.15, -0.1) is 0 Å². The smallest absolute Gasteiger partial charge is 0.351 e. The van der Waals surface area contributed by atoms with Crippen LogP contribution in [0, 0.1) is 5.82 Å². The van der Waals surface area contributed by atoms with E-state index in [2.05, 4.69) is 16.0 Å². The summed E-state index contributed by atoms with van der Waals surface area (Å²) >= 11 is 5.65. The van der Waals surface area contributed by atoms with Crippen molar-refractivity contribution in [1.29, 1.82) is 0 Å². The zero-order valence-electron chi connectivity index (χ0n) is 22.8. The lowest BCUT2D eigenvalue weighted by atomic mass is 10.1. The molecule has 3 N–H and O–H groups in total. The summed E-state index contributed by atoms with van der Waals surface area (Å²) in [6.45, 7) is 4.60. The van der Waals surface area contributed by atoms with Crippen LogP contribution in [-0.4, -0.2) is 30.3 Å². The van der Waals surface area contributed by atoms with E-state index in [4.69, 9.17) is 21.3 Å². The van der Waals surface area contributed by atoms with E-state index in [0.717, 1.165) is 11.1 Å². The predicted molar refractivity (Wildman–Crippen MR) is 160 cm³/mol. The quantitative estimate of drug-likeness (QED) is 0.143. The maximum atomic E-state index is 14.1. The minimum absolute atomic E-state index is 0.132. The molecule has 0 aromatic heterocycles. The number of carbonyl (C=O) groups is 1. The first-order valence-corrected chi connectivity index (χ1v) is 15.4. The fraction of sp³-hybridized carbons (Fsp3) is 0.333. The van der Waals surface area contributed by atoms with Gasteiger partial charge in [-0.1, -0.05) is 86.6 Å². The SMILES string of the molecule is CCCOP(=O)(OCCC)C(NC(=S)N[C@H](Cc1ccccc1)C(=O)NCc1ccc(F)cc1)c1ccccc1. The van der Waals surface area contributed by atoms with Crippen molar-refractivity contribution >= 4 is 30.8 Å². The van der Waals surface area contributed by atoms with E-state index in [1.54, 1.807) is 12.1 Å². The van der Waals surface area contributed by atoms with E-state index in [-0.39, 0.29) is 36.6 Å². The number of hydrogen-bond acceptors (Lipinski definition) is 5. The second-order valence-corrected chi connectivity index (χ2v) is 11.7. The normalized spacial score (nSPS) is 12.8. The summed E-state index contributed by atoms with van der Waals surface area (Å²) < 4.78 is 39.0. The van der Waals surface area contributed by atoms with Crippen molar-refractivity contribution in [2.24, 2.45) is 0 Å². The molecular weight excluding hydrogens is 548 g/mol. The van der Waals surface area contributed by atoms with Crippen LogP contribution in [0.3, 0.4) is 0 Å². The van der Waals surface area contributed by atoms with Crippen molar-refractivity contribution in [3.8, 4) is 0 Å². The van der Waals surface area contributed by atoms with Crippen LogP contribution in [0.4, 0.5) is 4.39 Å². The number of hydrogen-bond donors (Lipinski definition) is 3. The molecule has 0 aliphatic carbocycles. The second-order valence-electron chi connectivity index (χ2n) is 9.22. The van der Waals surface area contributed by atoms with Crippen molar-refractivity contribution in [1.82, 2.24) is 16.0 Å². The van der Waals surface area contributed by atoms with Crippen LogP contribution in [0.1, 0.15) is 49.2 Å². The third kappa shape index (κ3) is 9.82. The Bertz CT molecular complexity index is 1240. The zero-order chi connectivity index (χ0) is 28.8. The van der Waals surface area contributed by atoms with Crippen molar-refractivity contribution < 1.29 is 22.8 Å². The average molecular weight is 586 g/mol. The standard InChI is InChI=1S/C30H37FN3O4PS/c1-3-19-37-39(36,38-20-4-2)29(25-13-9-6-10-14-25)34-30(40)33-27(21-23-11-7-5-8-12-23)28(35)32-22-24-15-17-26(31)18-16-24/h5-18,27,29H,3-4,19-22H2,1-2H3,(H,32,35)(H2,33,34,40)/t27-,29?/m1/s1. The van der Waals surface area contributed by atoms with Crippen LogP contribution in [-0.2, 0) is 31.4 Å². The molecule has 0 aliphatic heterocycles. The minimum atomic E-state index is -3.70. The molecule has 0 spiro atoms. The van der Waals surface area contributed by atoms with Gasteiger partial charge >= 0.3 is 7.60 Å². The topological polar surface area (TPSA) is 88.7 Å². The number of thiocarbonyl (C=S) groups is 1. The van der Waals surface area contributed by atoms with Gasteiger partial charge in [0.05, 0.1) is 13.2 Å². The molecule has 1 unspecified atom stereocenters. The molecule has 214 valence electrons. The molecule has 3 aromatic rings. The van der Waals surface area contributed by atoms with Crippen molar-refractivity contribution in [3.63, 3.8) is 0 Å². The Kier molecular flexibility index (Phi) is 12.8. The van der Waals surface area contributed by atoms with Crippen LogP contribution in [0.25, 0.3) is 0 Å². The molecular formula is C30H37FN3O4PS. The summed E-state index contributed by atoms with van der Waals surface area (Å²) in [5.41, 5.74) is 2.38. The van der Waals surface area contributed by atoms with E-state index in [1.165, 1.54) is 12.1 Å². The van der Waals surface area contributed by atoms with E-state index >= 15 is 0 Å². The molecule has 2 atom stereocenters. The van der Waals surface area contributed by atoms with Crippen molar-refractivity contribution in [3.05, 3.63) is 107 Å². The van der Waals surface area contributed by atoms with Gasteiger partial charge in [0.25, 0.3) is 0 Å². The molecule has 0 saturated carbocycles. The Labute approximate surface area is 241 Å². The number of halogens is 1. The van der Waals surface area contributed by atoms with E-state index < -0.39 is 19.4 Å². The van der Waals surface area contributed by atoms with Gasteiger partial charge in [0.2, 0.25) is 5.91 Å². The minimum Gasteiger partial charge on any atom is -0.351 e. The summed E-state index contributed by atoms with van der Waals surface area (Å²) in [6.07, 6.45) is 1.68. The molecule has 0 radical (unpaired) electrons. The number of carbonyl (C=O) groups excluding carboxylic acids is 1. The molecule has 0 aliphatic rings. The lowest BCUT2D eigenvalue weighted by Gasteiger charge is -2.30. The zero-order valence-corrected chi connectivity index (χ0v) is 24.6. The molecule has 0 bridgehead atoms. The molecule has 7 nitrogen and oxygen atoms in total. The molecule has 3 aromatic carbocycles. The van der Waals surface area contributed by atoms with Gasteiger partial charge in [-0.25, -0.2) is 4.39 Å². The summed E-state index contributed by atoms with van der Waals surface area (Å²) in [6, 6.07) is 24.0. The highest BCUT2D eigenvalue weighted by atomic mass is 32.1. The number of nitrogens with one attached hydrogen (secondary N) is 3. The molecule has 40 heavy (non-hydrogen) atoms. The summed E-state index contributed by atoms with van der Waals surface area (Å²) in [5.74, 6) is -1.51. The Hall–Kier alpha value is -3.10. The van der Waals surface area contributed by atoms with Crippen LogP contribution in [0.2, 0.25) is 0 Å². The summed E-state index contributed by atoms with van der Waals surface area (Å²) in [7, 11) is -3.70. The number of rotatable bonds is 15. The number of benzene rings is 3. The van der Waals surface area contributed by atoms with Gasteiger partial charge in [-0.2, -0.15) is 0 Å². The first-order chi connectivity index (χ1) is 19.3. The highest BCUT2D eigenvalue weighted by Crippen LogP contribution is 2.59. The van der Waals surface area contributed by atoms with Gasteiger partial charge in [-0.3, -0.25) is 9.36 Å². The Morgan fingerprint density at radius 3 is 2.00 bits per heavy atom. The van der Waals surface area contributed by atoms with E-state index in [9.17, 15) is 13.8 Å². The van der Waals surface area contributed by atoms with Crippen LogP contribution in [0.5, 0.6) is 0 Å². The van der Waals surface area contributed by atoms with Gasteiger partial charge in [-0.05, 0) is 53.9 Å². The predicted octanol–water partition coefficient (Wildman–Crippen LogP) is 6.26. The Balaban J connectivity index is 1.81. The molecule has 0 fully saturated rings. The summed E-state index contributed by atoms with van der Waals surface area (Å²) in [5, 5.41) is 9.27. The lowest BCUT2D eigenvalue weighted by Crippen LogP contribution is -2.51. The largest absolute Gasteiger partial charge is 0.357 e. The monoisotopic (exact) mass is 585 g/mol. The van der Waals surface area contributed by atoms with Crippen molar-refractivity contribution in [2.75, 3.05) is 13.2 Å². The Morgan fingerprint density at radius 1 is 0.850 bits per heavy atom. The van der Waals surface area contributed by atoms with Gasteiger partial charge in [0.15, 0.2) is 10.9 Å². The van der Waals surface area contributed by atoms with Crippen LogP contribution < -0.4 is 16.0 Å². The van der Waals surface area contributed by atoms with Crippen LogP contribution >= 0.6 is 19.8 Å². The average Bonchev–Trinajstić information content (AvgIpc) is 2.98. The Morgan fingerprint density at radius 2 is 1.43 bits per heavy atom. The van der Waals surface area contributed by atoms with Gasteiger partial charge in [0.1, 0.15) is 11.9 Å². The molecule has 10 heteroatoms. The third-order valence-corrected chi connectivity index (χ3v) is 8.31. The fourth-order valence-electron chi connectivity index (χ4n) is 3.90. The van der Waals surface area contributed by atoms with Crippen molar-refractivity contribution in [2.45, 2.75) is 51.5 Å². The third-order valence-electron chi connectivity index (χ3n) is 5.93. The second kappa shape index (κ2) is 16.2. The van der Waals surface area contributed by atoms with E-state index in [1.807, 2.05) is 74.5 Å². The number of amides is 1. The lowest BCUT2D eigenvalue weighted by molar-refractivity contribution is -0.122. The van der Waals surface area contributed by atoms with Gasteiger partial charge < -0.3 is 25.0 Å². The molecule has 3 rings (SSSR count). The van der Waals surface area contributed by atoms with Crippen LogP contribution in [0.15, 0.2) is 84.9 Å². The molecule has 0 saturated heterocycles.